The standard InChI is InChI=1S/C59H71N13O11S/c60-50(75)37-20-16-35(17-21-37)27-43-53(78)69-45(51(61)76)32-84-33-49(74)65-44(29-34-9-2-1-3-10-34)57(82)70-25-7-14-46(70)54(79)67-42(28-36-18-22-40(73)23-19-36)52(77)66-41(13-6-24-64-59(62)63)56(81)71-26-8-15-47(71)58(83)72-31-39-12-5-4-11-38(39)30-48(72)55(80)68-43/h1-5,9-12,16-23,41-48,73H,6-8,13-15,24-33H2,(H2,60,75)(H2,61,76)(H,65,74)(H,66,77)(H,67,79)(H,68,80)(H,69,78)(H4,62,63,64)/t41-,42-,43-,44-,45-,46-,47-,48-/m0/s1. The van der Waals surface area contributed by atoms with Gasteiger partial charge in [-0.2, -0.15) is 0 Å². The third kappa shape index (κ3) is 15.8. The second-order valence-electron chi connectivity index (χ2n) is 21.4. The van der Waals surface area contributed by atoms with Crippen molar-refractivity contribution < 1.29 is 53.1 Å². The Kier molecular flexibility index (Phi) is 20.6. The van der Waals surface area contributed by atoms with E-state index in [1.807, 2.05) is 12.1 Å². The Balaban J connectivity index is 1.17. The highest BCUT2D eigenvalue weighted by Crippen LogP contribution is 2.29. The maximum Gasteiger partial charge on any atom is 0.248 e. The van der Waals surface area contributed by atoms with Crippen molar-refractivity contribution in [1.82, 2.24) is 41.3 Å². The highest BCUT2D eigenvalue weighted by atomic mass is 32.2. The second kappa shape index (κ2) is 28.3. The van der Waals surface area contributed by atoms with Crippen LogP contribution < -0.4 is 49.5 Å². The van der Waals surface area contributed by atoms with Gasteiger partial charge in [-0.3, -0.25) is 52.9 Å². The zero-order valence-corrected chi connectivity index (χ0v) is 47.1. The number of amides is 10. The Labute approximate surface area is 489 Å². The smallest absolute Gasteiger partial charge is 0.248 e. The van der Waals surface area contributed by atoms with Gasteiger partial charge in [-0.25, -0.2) is 0 Å². The van der Waals surface area contributed by atoms with Gasteiger partial charge < -0.3 is 69.3 Å². The fourth-order valence-corrected chi connectivity index (χ4v) is 12.0. The van der Waals surface area contributed by atoms with Gasteiger partial charge in [0.25, 0.3) is 0 Å². The first-order valence-corrected chi connectivity index (χ1v) is 29.1. The summed E-state index contributed by atoms with van der Waals surface area (Å²) in [5.41, 5.74) is 26.0. The zero-order valence-electron chi connectivity index (χ0n) is 46.3. The summed E-state index contributed by atoms with van der Waals surface area (Å²) in [7, 11) is 0. The SMILES string of the molecule is NC(=O)c1ccc(C[C@@H]2NC(=O)[C@@H]3Cc4ccccc4CN3C(=O)[C@@H]3CCCN3C(=O)[C@H](CCCN=C(N)N)NC(=O)[C@H](Cc3ccc(O)cc3)NC(=O)[C@@H]3CCCN3C(=O)[C@H](Cc3ccccc3)NC(=O)CSC[C@@H](C(N)=O)NC2=O)cc1. The van der Waals surface area contributed by atoms with E-state index in [1.54, 1.807) is 66.7 Å². The van der Waals surface area contributed by atoms with Crippen molar-refractivity contribution in [3.63, 3.8) is 0 Å². The summed E-state index contributed by atoms with van der Waals surface area (Å²) >= 11 is 0.941. The van der Waals surface area contributed by atoms with Gasteiger partial charge in [0.2, 0.25) is 59.1 Å². The van der Waals surface area contributed by atoms with Crippen LogP contribution >= 0.6 is 11.8 Å². The maximum absolute atomic E-state index is 15.3. The van der Waals surface area contributed by atoms with E-state index >= 15 is 9.59 Å². The van der Waals surface area contributed by atoms with Crippen LogP contribution in [0.1, 0.15) is 76.7 Å². The Hall–Kier alpha value is -9.00. The molecule has 4 aliphatic heterocycles. The fraction of sp³-hybridized carbons (Fsp3) is 0.407. The van der Waals surface area contributed by atoms with E-state index < -0.39 is 107 Å². The number of nitrogens with two attached hydrogens (primary N) is 4. The fourth-order valence-electron chi connectivity index (χ4n) is 11.1. The molecular weight excluding hydrogens is 1100 g/mol. The number of phenols is 1. The molecule has 4 heterocycles. The maximum atomic E-state index is 15.3. The highest BCUT2D eigenvalue weighted by Gasteiger charge is 2.45. The van der Waals surface area contributed by atoms with Crippen molar-refractivity contribution in [3.8, 4) is 5.75 Å². The molecule has 14 N–H and O–H groups in total. The van der Waals surface area contributed by atoms with Crippen LogP contribution in [0.15, 0.2) is 108 Å². The predicted molar refractivity (Wildman–Crippen MR) is 311 cm³/mol. The van der Waals surface area contributed by atoms with E-state index in [0.717, 1.165) is 22.9 Å². The molecule has 0 unspecified atom stereocenters. The van der Waals surface area contributed by atoms with Gasteiger partial charge in [-0.15, -0.1) is 11.8 Å². The van der Waals surface area contributed by atoms with Crippen LogP contribution in [-0.2, 0) is 75.4 Å². The first-order chi connectivity index (χ1) is 40.3. The molecule has 0 spiro atoms. The van der Waals surface area contributed by atoms with E-state index in [9.17, 15) is 43.5 Å². The van der Waals surface area contributed by atoms with Crippen molar-refractivity contribution >= 4 is 76.8 Å². The molecule has 4 aromatic rings. The van der Waals surface area contributed by atoms with Gasteiger partial charge in [0.15, 0.2) is 5.96 Å². The number of phenolic OH excluding ortho intramolecular Hbond substituents is 1. The molecule has 3 saturated heterocycles. The number of rotatable bonds is 12. The number of nitrogens with zero attached hydrogens (tertiary/aromatic N) is 4. The van der Waals surface area contributed by atoms with Crippen molar-refractivity contribution in [2.75, 3.05) is 31.1 Å². The summed E-state index contributed by atoms with van der Waals surface area (Å²) in [6.45, 7) is 0.241. The molecule has 4 aromatic carbocycles. The molecule has 4 aliphatic rings. The molecule has 24 nitrogen and oxygen atoms in total. The summed E-state index contributed by atoms with van der Waals surface area (Å²) in [6, 6.07) is 18.0. The second-order valence-corrected chi connectivity index (χ2v) is 22.4. The quantitative estimate of drug-likeness (QED) is 0.0470. The Morgan fingerprint density at radius 1 is 0.560 bits per heavy atom. The topological polar surface area (TPSA) is 377 Å². The average molecular weight is 1170 g/mol. The number of guanidine groups is 1. The highest BCUT2D eigenvalue weighted by molar-refractivity contribution is 8.00. The molecule has 25 heteroatoms. The molecule has 84 heavy (non-hydrogen) atoms. The summed E-state index contributed by atoms with van der Waals surface area (Å²) in [6.07, 6.45) is 1.06. The lowest BCUT2D eigenvalue weighted by Crippen LogP contribution is -2.62. The van der Waals surface area contributed by atoms with Crippen LogP contribution in [0.3, 0.4) is 0 Å². The largest absolute Gasteiger partial charge is 0.508 e. The number of hydrogen-bond donors (Lipinski definition) is 10. The van der Waals surface area contributed by atoms with Gasteiger partial charge >= 0.3 is 0 Å². The van der Waals surface area contributed by atoms with Gasteiger partial charge in [-0.05, 0) is 90.6 Å². The van der Waals surface area contributed by atoms with Crippen LogP contribution in [0.4, 0.5) is 0 Å². The number of primary amides is 2. The van der Waals surface area contributed by atoms with E-state index in [4.69, 9.17) is 22.9 Å². The minimum atomic E-state index is -1.42. The van der Waals surface area contributed by atoms with Gasteiger partial charge in [0.1, 0.15) is 54.1 Å². The molecule has 3 fully saturated rings. The molecule has 0 saturated carbocycles. The summed E-state index contributed by atoms with van der Waals surface area (Å²) in [5.74, 6) is -7.86. The molecule has 8 atom stereocenters. The Bertz CT molecular complexity index is 3130. The third-order valence-electron chi connectivity index (χ3n) is 15.5. The minimum absolute atomic E-state index is 0.00666. The van der Waals surface area contributed by atoms with Crippen molar-refractivity contribution in [2.45, 2.75) is 119 Å². The molecule has 10 amide bonds. The Morgan fingerprint density at radius 2 is 1.10 bits per heavy atom. The van der Waals surface area contributed by atoms with Crippen molar-refractivity contribution in [3.05, 3.63) is 137 Å². The zero-order chi connectivity index (χ0) is 60.0. The number of nitrogens with one attached hydrogen (secondary N) is 5. The number of thioether (sulfide) groups is 1. The normalized spacial score (nSPS) is 24.2. The number of benzene rings is 4. The molecule has 8 rings (SSSR count). The Morgan fingerprint density at radius 3 is 1.73 bits per heavy atom. The van der Waals surface area contributed by atoms with E-state index in [2.05, 4.69) is 31.6 Å². The molecular formula is C59H71N13O11S. The molecule has 0 radical (unpaired) electrons. The summed E-state index contributed by atoms with van der Waals surface area (Å²) in [5, 5.41) is 24.2. The van der Waals surface area contributed by atoms with E-state index in [1.165, 1.54) is 39.0 Å². The predicted octanol–water partition coefficient (Wildman–Crippen LogP) is -0.836. The summed E-state index contributed by atoms with van der Waals surface area (Å²) < 4.78 is 0. The van der Waals surface area contributed by atoms with Crippen LogP contribution in [0.2, 0.25) is 0 Å². The number of carbonyl (C=O) groups is 10. The average Bonchev–Trinajstić information content (AvgIpc) is 2.34. The first-order valence-electron chi connectivity index (χ1n) is 28.0. The number of aliphatic imine (C=N–C) groups is 1. The summed E-state index contributed by atoms with van der Waals surface area (Å²) in [4.78, 5) is 151. The lowest BCUT2D eigenvalue weighted by Gasteiger charge is -2.40. The number of fused-ring (bicyclic) bond motifs is 4. The lowest BCUT2D eigenvalue weighted by molar-refractivity contribution is -0.150. The van der Waals surface area contributed by atoms with Gasteiger partial charge in [0.05, 0.1) is 5.75 Å². The monoisotopic (exact) mass is 1170 g/mol. The molecule has 444 valence electrons. The third-order valence-corrected chi connectivity index (χ3v) is 16.5. The van der Waals surface area contributed by atoms with E-state index in [-0.39, 0.29) is 106 Å². The molecule has 0 aromatic heterocycles. The molecule has 0 aliphatic carbocycles. The van der Waals surface area contributed by atoms with Crippen LogP contribution in [0.25, 0.3) is 0 Å². The molecule has 0 bridgehead atoms. The minimum Gasteiger partial charge on any atom is -0.508 e. The van der Waals surface area contributed by atoms with Gasteiger partial charge in [0, 0.05) is 63.2 Å². The van der Waals surface area contributed by atoms with Crippen molar-refractivity contribution in [1.29, 1.82) is 0 Å². The number of aromatic hydroxyl groups is 1. The number of carbonyl (C=O) groups excluding carboxylic acids is 10. The first kappa shape index (κ1) is 61.1. The van der Waals surface area contributed by atoms with Crippen LogP contribution in [0.5, 0.6) is 5.75 Å². The number of hydrogen-bond acceptors (Lipinski definition) is 13. The van der Waals surface area contributed by atoms with Crippen molar-refractivity contribution in [2.24, 2.45) is 27.9 Å². The van der Waals surface area contributed by atoms with Crippen LogP contribution in [-0.4, -0.2) is 164 Å². The van der Waals surface area contributed by atoms with Crippen LogP contribution in [0, 0.1) is 0 Å². The van der Waals surface area contributed by atoms with E-state index in [0.29, 0.717) is 29.5 Å². The van der Waals surface area contributed by atoms with Gasteiger partial charge in [-0.1, -0.05) is 78.9 Å². The lowest BCUT2D eigenvalue weighted by atomic mass is 9.92.